The summed E-state index contributed by atoms with van der Waals surface area (Å²) in [7, 11) is 0. The predicted octanol–water partition coefficient (Wildman–Crippen LogP) is 4.12. The smallest absolute Gasteiger partial charge is 0.274 e. The lowest BCUT2D eigenvalue weighted by molar-refractivity contribution is -0.126. The molecule has 0 radical (unpaired) electrons. The van der Waals surface area contributed by atoms with Crippen LogP contribution in [-0.2, 0) is 29.2 Å². The molecular formula is C26H26ClFN4O3. The summed E-state index contributed by atoms with van der Waals surface area (Å²) in [4.78, 5) is 32.0. The highest BCUT2D eigenvalue weighted by Crippen LogP contribution is 2.29. The Morgan fingerprint density at radius 1 is 1.14 bits per heavy atom. The molecule has 1 fully saturated rings. The molecule has 3 heterocycles. The second-order valence-electron chi connectivity index (χ2n) is 8.94. The molecule has 35 heavy (non-hydrogen) atoms. The number of likely N-dealkylation sites (tertiary alicyclic amines) is 1. The minimum Gasteiger partial charge on any atom is -0.365 e. The third kappa shape index (κ3) is 5.09. The van der Waals surface area contributed by atoms with Crippen LogP contribution in [0.5, 0.6) is 0 Å². The van der Waals surface area contributed by atoms with Gasteiger partial charge < -0.3 is 19.5 Å². The van der Waals surface area contributed by atoms with Crippen molar-refractivity contribution in [3.8, 4) is 0 Å². The second-order valence-corrected chi connectivity index (χ2v) is 9.34. The maximum atomic E-state index is 13.3. The van der Waals surface area contributed by atoms with E-state index < -0.39 is 5.82 Å². The number of nitrogens with one attached hydrogen (secondary N) is 1. The van der Waals surface area contributed by atoms with E-state index in [2.05, 4.69) is 10.3 Å². The minimum absolute atomic E-state index is 0.0334. The Labute approximate surface area is 207 Å². The largest absolute Gasteiger partial charge is 0.365 e. The molecule has 2 aromatic carbocycles. The average Bonchev–Trinajstić information content (AvgIpc) is 3.32. The molecule has 2 aliphatic rings. The van der Waals surface area contributed by atoms with Crippen molar-refractivity contribution in [1.29, 1.82) is 0 Å². The van der Waals surface area contributed by atoms with Gasteiger partial charge in [-0.3, -0.25) is 9.59 Å². The number of hydrogen-bond acceptors (Lipinski definition) is 4. The number of rotatable bonds is 5. The number of benzene rings is 2. The summed E-state index contributed by atoms with van der Waals surface area (Å²) in [5.41, 5.74) is 3.05. The fourth-order valence-electron chi connectivity index (χ4n) is 4.65. The van der Waals surface area contributed by atoms with E-state index in [0.29, 0.717) is 44.8 Å². The number of carbonyl (C=O) groups excluding carboxylic acids is 2. The van der Waals surface area contributed by atoms with Crippen LogP contribution in [0.2, 0.25) is 5.02 Å². The van der Waals surface area contributed by atoms with E-state index >= 15 is 0 Å². The first-order chi connectivity index (χ1) is 17.0. The number of aromatic nitrogens is 2. The van der Waals surface area contributed by atoms with Gasteiger partial charge in [-0.05, 0) is 36.1 Å². The zero-order chi connectivity index (χ0) is 24.4. The van der Waals surface area contributed by atoms with Crippen LogP contribution in [0.25, 0.3) is 0 Å². The van der Waals surface area contributed by atoms with Gasteiger partial charge in [-0.25, -0.2) is 9.37 Å². The average molecular weight is 497 g/mol. The van der Waals surface area contributed by atoms with Crippen LogP contribution >= 0.6 is 11.6 Å². The molecule has 2 aliphatic heterocycles. The van der Waals surface area contributed by atoms with Crippen LogP contribution in [0.15, 0.2) is 54.9 Å². The first kappa shape index (κ1) is 23.5. The molecule has 1 aromatic heterocycles. The Morgan fingerprint density at radius 2 is 1.91 bits per heavy atom. The van der Waals surface area contributed by atoms with Gasteiger partial charge in [0.15, 0.2) is 5.69 Å². The zero-order valence-electron chi connectivity index (χ0n) is 19.1. The molecule has 1 saturated heterocycles. The van der Waals surface area contributed by atoms with Gasteiger partial charge in [0.1, 0.15) is 11.9 Å². The first-order valence-corrected chi connectivity index (χ1v) is 12.1. The monoisotopic (exact) mass is 496 g/mol. The SMILES string of the molecule is O=C(NCc1ccc(F)c(Cl)c1)C1CCN(C(=O)c2ncn3c2CO[C@H](c2ccccc2)C3)CC1. The zero-order valence-corrected chi connectivity index (χ0v) is 19.9. The van der Waals surface area contributed by atoms with Gasteiger partial charge >= 0.3 is 0 Å². The van der Waals surface area contributed by atoms with Crippen molar-refractivity contribution < 1.29 is 18.7 Å². The van der Waals surface area contributed by atoms with Gasteiger partial charge in [0, 0.05) is 25.6 Å². The number of carbonyl (C=O) groups is 2. The number of nitrogens with zero attached hydrogens (tertiary/aromatic N) is 3. The Balaban J connectivity index is 1.15. The first-order valence-electron chi connectivity index (χ1n) is 11.7. The maximum absolute atomic E-state index is 13.3. The summed E-state index contributed by atoms with van der Waals surface area (Å²) in [5, 5.41) is 2.92. The topological polar surface area (TPSA) is 76.5 Å². The predicted molar refractivity (Wildman–Crippen MR) is 128 cm³/mol. The Bertz CT molecular complexity index is 1220. The van der Waals surface area contributed by atoms with Crippen molar-refractivity contribution in [2.45, 2.75) is 38.6 Å². The quantitative estimate of drug-likeness (QED) is 0.576. The third-order valence-electron chi connectivity index (χ3n) is 6.71. The Kier molecular flexibility index (Phi) is 6.83. The Morgan fingerprint density at radius 3 is 2.66 bits per heavy atom. The molecule has 182 valence electrons. The lowest BCUT2D eigenvalue weighted by Gasteiger charge is -2.31. The van der Waals surface area contributed by atoms with E-state index in [1.165, 1.54) is 12.1 Å². The maximum Gasteiger partial charge on any atom is 0.274 e. The molecule has 0 unspecified atom stereocenters. The summed E-state index contributed by atoms with van der Waals surface area (Å²) in [6.45, 7) is 2.19. The van der Waals surface area contributed by atoms with E-state index in [0.717, 1.165) is 16.8 Å². The molecule has 3 aromatic rings. The van der Waals surface area contributed by atoms with Crippen LogP contribution in [0, 0.1) is 11.7 Å². The highest BCUT2D eigenvalue weighted by molar-refractivity contribution is 6.30. The van der Waals surface area contributed by atoms with Crippen molar-refractivity contribution in [1.82, 2.24) is 19.8 Å². The number of hydrogen-bond donors (Lipinski definition) is 1. The summed E-state index contributed by atoms with van der Waals surface area (Å²) in [5.74, 6) is -0.862. The van der Waals surface area contributed by atoms with Gasteiger partial charge in [-0.1, -0.05) is 48.0 Å². The van der Waals surface area contributed by atoms with Crippen LogP contribution in [0.3, 0.4) is 0 Å². The third-order valence-corrected chi connectivity index (χ3v) is 7.00. The summed E-state index contributed by atoms with van der Waals surface area (Å²) >= 11 is 5.81. The molecule has 0 saturated carbocycles. The molecule has 0 aliphatic carbocycles. The van der Waals surface area contributed by atoms with E-state index in [-0.39, 0.29) is 35.4 Å². The number of fused-ring (bicyclic) bond motifs is 1. The highest BCUT2D eigenvalue weighted by atomic mass is 35.5. The number of halogens is 2. The standard InChI is InChI=1S/C26H26ClFN4O3/c27-20-12-17(6-7-21(20)28)13-29-25(33)19-8-10-31(11-9-19)26(34)24-22-15-35-23(14-32(22)16-30-24)18-4-2-1-3-5-18/h1-7,12,16,19,23H,8-11,13-15H2,(H,29,33)/t23-/m0/s1. The molecule has 5 rings (SSSR count). The fourth-order valence-corrected chi connectivity index (χ4v) is 4.86. The van der Waals surface area contributed by atoms with Gasteiger partial charge in [-0.2, -0.15) is 0 Å². The Hall–Kier alpha value is -3.23. The second kappa shape index (κ2) is 10.2. The molecule has 2 amide bonds. The van der Waals surface area contributed by atoms with Crippen molar-refractivity contribution in [3.63, 3.8) is 0 Å². The van der Waals surface area contributed by atoms with Crippen molar-refractivity contribution in [3.05, 3.63) is 88.2 Å². The normalized spacial score (nSPS) is 18.2. The van der Waals surface area contributed by atoms with Crippen LogP contribution in [-0.4, -0.2) is 39.4 Å². The van der Waals surface area contributed by atoms with Crippen molar-refractivity contribution in [2.24, 2.45) is 5.92 Å². The lowest BCUT2D eigenvalue weighted by Crippen LogP contribution is -2.43. The van der Waals surface area contributed by atoms with Crippen molar-refractivity contribution >= 4 is 23.4 Å². The molecule has 0 bridgehead atoms. The number of piperidine rings is 1. The fraction of sp³-hybridized carbons (Fsp3) is 0.346. The minimum atomic E-state index is -0.486. The molecular weight excluding hydrogens is 471 g/mol. The van der Waals surface area contributed by atoms with Gasteiger partial charge in [-0.15, -0.1) is 0 Å². The number of imidazole rings is 1. The summed E-state index contributed by atoms with van der Waals surface area (Å²) in [6.07, 6.45) is 2.79. The van der Waals surface area contributed by atoms with Gasteiger partial charge in [0.05, 0.1) is 30.2 Å². The van der Waals surface area contributed by atoms with E-state index in [1.54, 1.807) is 17.3 Å². The summed E-state index contributed by atoms with van der Waals surface area (Å²) < 4.78 is 21.3. The lowest BCUT2D eigenvalue weighted by atomic mass is 9.95. The number of ether oxygens (including phenoxy) is 1. The molecule has 1 atom stereocenters. The highest BCUT2D eigenvalue weighted by Gasteiger charge is 2.32. The molecule has 7 nitrogen and oxygen atoms in total. The molecule has 0 spiro atoms. The number of amides is 2. The van der Waals surface area contributed by atoms with Crippen LogP contribution < -0.4 is 5.32 Å². The van der Waals surface area contributed by atoms with Gasteiger partial charge in [0.2, 0.25) is 5.91 Å². The van der Waals surface area contributed by atoms with E-state index in [9.17, 15) is 14.0 Å². The van der Waals surface area contributed by atoms with Crippen LogP contribution in [0.4, 0.5) is 4.39 Å². The van der Waals surface area contributed by atoms with Crippen LogP contribution in [0.1, 0.15) is 46.3 Å². The van der Waals surface area contributed by atoms with E-state index in [1.807, 2.05) is 34.9 Å². The summed E-state index contributed by atoms with van der Waals surface area (Å²) in [6, 6.07) is 14.4. The molecule has 1 N–H and O–H groups in total. The van der Waals surface area contributed by atoms with Crippen molar-refractivity contribution in [2.75, 3.05) is 13.1 Å². The molecule has 9 heteroatoms. The van der Waals surface area contributed by atoms with E-state index in [4.69, 9.17) is 16.3 Å². The van der Waals surface area contributed by atoms with Gasteiger partial charge in [0.25, 0.3) is 5.91 Å².